The van der Waals surface area contributed by atoms with Gasteiger partial charge in [0.1, 0.15) is 24.7 Å². The van der Waals surface area contributed by atoms with E-state index in [-0.39, 0.29) is 24.5 Å². The first-order chi connectivity index (χ1) is 21.5. The number of Topliss-reactive ketones (excluding diaryl/α,β-unsaturated/α-hetero) is 1. The number of benzene rings is 3. The van der Waals surface area contributed by atoms with E-state index in [2.05, 4.69) is 15.6 Å². The van der Waals surface area contributed by atoms with Gasteiger partial charge in [-0.05, 0) is 24.1 Å². The number of primary amides is 1. The fourth-order valence-electron chi connectivity index (χ4n) is 4.39. The molecule has 0 saturated carbocycles. The van der Waals surface area contributed by atoms with Crippen LogP contribution in [0.15, 0.2) is 95.9 Å². The fourth-order valence-corrected chi connectivity index (χ4v) is 4.39. The lowest BCUT2D eigenvalue weighted by Gasteiger charge is -2.22. The van der Waals surface area contributed by atoms with Crippen LogP contribution in [-0.2, 0) is 38.7 Å². The number of ketones is 1. The second kappa shape index (κ2) is 14.2. The van der Waals surface area contributed by atoms with Crippen LogP contribution in [-0.4, -0.2) is 45.2 Å². The van der Waals surface area contributed by atoms with Gasteiger partial charge < -0.3 is 15.8 Å². The first-order valence-corrected chi connectivity index (χ1v) is 13.7. The number of ether oxygens (including phenoxy) is 1. The van der Waals surface area contributed by atoms with E-state index in [0.29, 0.717) is 16.7 Å². The normalized spacial score (nSPS) is 11.7. The van der Waals surface area contributed by atoms with Crippen molar-refractivity contribution in [3.05, 3.63) is 118 Å². The molecule has 0 saturated heterocycles. The molecule has 1 heterocycles. The van der Waals surface area contributed by atoms with Gasteiger partial charge >= 0.3 is 12.0 Å². The second-order valence-electron chi connectivity index (χ2n) is 10.1. The average molecular weight is 618 g/mol. The maximum atomic E-state index is 14.4. The van der Waals surface area contributed by atoms with Crippen molar-refractivity contribution < 1.29 is 32.7 Å². The highest BCUT2D eigenvalue weighted by Crippen LogP contribution is 2.20. The van der Waals surface area contributed by atoms with Gasteiger partial charge in [0, 0.05) is 12.0 Å². The third-order valence-electron chi connectivity index (χ3n) is 6.63. The molecule has 11 nitrogen and oxygen atoms in total. The molecule has 0 aliphatic carbocycles. The van der Waals surface area contributed by atoms with Crippen LogP contribution in [0.25, 0.3) is 11.4 Å². The minimum Gasteiger partial charge on any atom is -0.444 e. The predicted octanol–water partition coefficient (Wildman–Crippen LogP) is 3.38. The molecule has 1 aromatic heterocycles. The molecule has 0 bridgehead atoms. The summed E-state index contributed by atoms with van der Waals surface area (Å²) in [6.45, 7) is 0.936. The van der Waals surface area contributed by atoms with Gasteiger partial charge in [0.05, 0.1) is 12.2 Å². The van der Waals surface area contributed by atoms with Gasteiger partial charge in [0.25, 0.3) is 11.5 Å². The van der Waals surface area contributed by atoms with Gasteiger partial charge in [-0.1, -0.05) is 84.4 Å². The molecule has 0 fully saturated rings. The first kappa shape index (κ1) is 32.2. The summed E-state index contributed by atoms with van der Waals surface area (Å²) in [4.78, 5) is 67.7. The van der Waals surface area contributed by atoms with E-state index in [9.17, 15) is 32.8 Å². The van der Waals surface area contributed by atoms with Gasteiger partial charge in [0.2, 0.25) is 11.7 Å². The summed E-state index contributed by atoms with van der Waals surface area (Å²) in [5.74, 6) is -9.64. The Labute approximate surface area is 256 Å². The van der Waals surface area contributed by atoms with Crippen molar-refractivity contribution in [3.63, 3.8) is 0 Å². The Balaban J connectivity index is 1.63. The summed E-state index contributed by atoms with van der Waals surface area (Å²) in [6.07, 6.45) is -0.242. The van der Waals surface area contributed by atoms with E-state index in [0.717, 1.165) is 16.3 Å². The molecule has 3 aromatic carbocycles. The topological polar surface area (TPSA) is 162 Å². The Morgan fingerprint density at radius 3 is 2.22 bits per heavy atom. The summed E-state index contributed by atoms with van der Waals surface area (Å²) in [5, 5.41) is 4.53. The maximum Gasteiger partial charge on any atom is 0.412 e. The first-order valence-electron chi connectivity index (χ1n) is 13.7. The number of anilines is 1. The predicted molar refractivity (Wildman–Crippen MR) is 160 cm³/mol. The minimum absolute atomic E-state index is 0.0236. The molecule has 3 amide bonds. The molecule has 13 heteroatoms. The van der Waals surface area contributed by atoms with Crippen molar-refractivity contribution >= 4 is 29.4 Å². The van der Waals surface area contributed by atoms with E-state index < -0.39 is 47.8 Å². The molecule has 1 unspecified atom stereocenters. The summed E-state index contributed by atoms with van der Waals surface area (Å²) in [6, 6.07) is 21.8. The number of carbonyl (C=O) groups is 4. The molecule has 0 aliphatic heterocycles. The molecular weight excluding hydrogens is 588 g/mol. The number of hydrogen-bond donors (Lipinski definition) is 3. The zero-order chi connectivity index (χ0) is 32.6. The number of nitrogens with zero attached hydrogens (tertiary/aromatic N) is 2. The third kappa shape index (κ3) is 8.22. The molecule has 0 radical (unpaired) electrons. The van der Waals surface area contributed by atoms with Crippen LogP contribution >= 0.6 is 0 Å². The van der Waals surface area contributed by atoms with E-state index in [1.807, 2.05) is 0 Å². The van der Waals surface area contributed by atoms with Gasteiger partial charge in [-0.15, -0.1) is 0 Å². The maximum absolute atomic E-state index is 14.4. The van der Waals surface area contributed by atoms with Crippen LogP contribution in [0.5, 0.6) is 0 Å². The number of nitrogens with one attached hydrogen (secondary N) is 2. The second-order valence-corrected chi connectivity index (χ2v) is 10.1. The van der Waals surface area contributed by atoms with Crippen molar-refractivity contribution in [2.45, 2.75) is 38.5 Å². The Kier molecular flexibility index (Phi) is 10.1. The number of nitrogens with two attached hydrogens (primary N) is 1. The van der Waals surface area contributed by atoms with Crippen molar-refractivity contribution in [3.8, 4) is 11.4 Å². The minimum atomic E-state index is -4.57. The molecule has 0 aliphatic rings. The van der Waals surface area contributed by atoms with Gasteiger partial charge in [-0.3, -0.25) is 29.1 Å². The van der Waals surface area contributed by atoms with E-state index in [4.69, 9.17) is 10.5 Å². The Bertz CT molecular complexity index is 1760. The van der Waals surface area contributed by atoms with Crippen LogP contribution in [0.3, 0.4) is 0 Å². The Hall–Kier alpha value is -5.72. The summed E-state index contributed by atoms with van der Waals surface area (Å²) in [7, 11) is 0. The third-order valence-corrected chi connectivity index (χ3v) is 6.63. The number of aromatic nitrogens is 2. The van der Waals surface area contributed by atoms with Gasteiger partial charge in [-0.25, -0.2) is 9.78 Å². The molecule has 45 heavy (non-hydrogen) atoms. The number of hydrogen-bond acceptors (Lipinski definition) is 7. The number of carbonyl (C=O) groups excluding carboxylic acids is 4. The molecular formula is C32H29F2N5O6. The van der Waals surface area contributed by atoms with Crippen LogP contribution in [0, 0.1) is 6.92 Å². The smallest absolute Gasteiger partial charge is 0.412 e. The molecule has 4 aromatic rings. The van der Waals surface area contributed by atoms with E-state index >= 15 is 0 Å². The van der Waals surface area contributed by atoms with Crippen molar-refractivity contribution in [2.75, 3.05) is 5.32 Å². The quantitative estimate of drug-likeness (QED) is 0.205. The van der Waals surface area contributed by atoms with Crippen molar-refractivity contribution in [1.29, 1.82) is 0 Å². The van der Waals surface area contributed by atoms with Crippen molar-refractivity contribution in [1.82, 2.24) is 14.9 Å². The molecule has 232 valence electrons. The molecule has 4 N–H and O–H groups in total. The zero-order valence-electron chi connectivity index (χ0n) is 24.0. The van der Waals surface area contributed by atoms with Crippen LogP contribution in [0.2, 0.25) is 0 Å². The summed E-state index contributed by atoms with van der Waals surface area (Å²) >= 11 is 0. The molecule has 4 rings (SSSR count). The fraction of sp³-hybridized carbons (Fsp3) is 0.188. The van der Waals surface area contributed by atoms with Crippen LogP contribution in [0.4, 0.5) is 19.3 Å². The highest BCUT2D eigenvalue weighted by atomic mass is 19.3. The SMILES string of the molecule is Cc1cccc(-c2ncc(NC(=O)OCc3ccccc3)c(=O)n2CC(=O)NC(Cc2ccccc2)C(=O)C(F)(F)C(N)=O)c1. The number of alkyl halides is 2. The lowest BCUT2D eigenvalue weighted by molar-refractivity contribution is -0.158. The van der Waals surface area contributed by atoms with E-state index in [1.165, 1.54) is 0 Å². The lowest BCUT2D eigenvalue weighted by Crippen LogP contribution is -2.55. The van der Waals surface area contributed by atoms with Crippen molar-refractivity contribution in [2.24, 2.45) is 5.73 Å². The van der Waals surface area contributed by atoms with Gasteiger partial charge in [0.15, 0.2) is 0 Å². The Morgan fingerprint density at radius 1 is 0.956 bits per heavy atom. The zero-order valence-corrected chi connectivity index (χ0v) is 24.0. The summed E-state index contributed by atoms with van der Waals surface area (Å²) < 4.78 is 34.9. The van der Waals surface area contributed by atoms with Crippen LogP contribution in [0.1, 0.15) is 16.7 Å². The highest BCUT2D eigenvalue weighted by Gasteiger charge is 2.49. The standard InChI is InChI=1S/C32H29F2N5O6/c1-20-9-8-14-23(15-20)28-36-17-25(38-31(44)45-19-22-12-6-3-7-13-22)29(42)39(28)18-26(40)37-24(16-21-10-4-2-5-11-21)27(41)32(33,34)30(35)43/h2-15,17,24H,16,18-19H2,1H3,(H2,35,43)(H,37,40)(H,38,44). The lowest BCUT2D eigenvalue weighted by atomic mass is 9.98. The number of halogens is 2. The number of aryl methyl sites for hydroxylation is 1. The number of rotatable bonds is 12. The Morgan fingerprint density at radius 2 is 1.60 bits per heavy atom. The molecule has 0 spiro atoms. The number of amides is 3. The monoisotopic (exact) mass is 617 g/mol. The van der Waals surface area contributed by atoms with Crippen LogP contribution < -0.4 is 21.9 Å². The van der Waals surface area contributed by atoms with Gasteiger partial charge in [-0.2, -0.15) is 8.78 Å². The molecule has 1 atom stereocenters. The average Bonchev–Trinajstić information content (AvgIpc) is 3.02. The largest absolute Gasteiger partial charge is 0.444 e. The highest BCUT2D eigenvalue weighted by molar-refractivity contribution is 6.10. The summed E-state index contributed by atoms with van der Waals surface area (Å²) in [5.41, 5.74) is 5.95. The van der Waals surface area contributed by atoms with E-state index in [1.54, 1.807) is 91.9 Å².